The van der Waals surface area contributed by atoms with Crippen molar-refractivity contribution in [1.29, 1.82) is 0 Å². The minimum atomic E-state index is -1.24. The predicted molar refractivity (Wildman–Crippen MR) is 56.3 cm³/mol. The fourth-order valence-corrected chi connectivity index (χ4v) is 1.09. The lowest BCUT2D eigenvalue weighted by molar-refractivity contribution is -0.268. The van der Waals surface area contributed by atoms with E-state index < -0.39 is 11.7 Å². The van der Waals surface area contributed by atoms with Crippen molar-refractivity contribution >= 4 is 17.6 Å². The first-order valence-corrected chi connectivity index (χ1v) is 4.77. The average molecular weight is 222 g/mol. The van der Waals surface area contributed by atoms with Gasteiger partial charge in [-0.05, 0) is 6.07 Å². The van der Waals surface area contributed by atoms with Crippen LogP contribution in [0.25, 0.3) is 0 Å². The molecule has 0 radical (unpaired) electrons. The van der Waals surface area contributed by atoms with Crippen molar-refractivity contribution in [3.63, 3.8) is 0 Å². The van der Waals surface area contributed by atoms with Gasteiger partial charge in [0.2, 0.25) is 5.91 Å². The number of nitrogens with one attached hydrogen (secondary N) is 1. The molecule has 0 spiro atoms. The fourth-order valence-electron chi connectivity index (χ4n) is 1.09. The van der Waals surface area contributed by atoms with Crippen molar-refractivity contribution < 1.29 is 19.8 Å². The van der Waals surface area contributed by atoms with Crippen LogP contribution in [0, 0.1) is 5.92 Å². The number of aromatic carboxylic acids is 1. The number of carboxylic acids is 1. The second-order valence-corrected chi connectivity index (χ2v) is 3.66. The van der Waals surface area contributed by atoms with Crippen LogP contribution < -0.4 is 10.4 Å². The SMILES string of the molecule is CC(C)C(=O)Nc1ccc([O-])cc1C(=O)O. The molecule has 0 saturated heterocycles. The number of anilines is 1. The molecule has 0 aliphatic heterocycles. The van der Waals surface area contributed by atoms with Gasteiger partial charge in [0, 0.05) is 5.92 Å². The molecule has 0 aliphatic carbocycles. The Morgan fingerprint density at radius 2 is 2.00 bits per heavy atom. The van der Waals surface area contributed by atoms with Gasteiger partial charge < -0.3 is 15.5 Å². The third-order valence-corrected chi connectivity index (χ3v) is 2.00. The Kier molecular flexibility index (Phi) is 3.50. The summed E-state index contributed by atoms with van der Waals surface area (Å²) in [6, 6.07) is 3.49. The third kappa shape index (κ3) is 2.73. The van der Waals surface area contributed by atoms with Crippen LogP contribution in [0.15, 0.2) is 18.2 Å². The summed E-state index contributed by atoms with van der Waals surface area (Å²) in [5.41, 5.74) is -0.0488. The van der Waals surface area contributed by atoms with E-state index in [1.54, 1.807) is 13.8 Å². The molecule has 5 heteroatoms. The van der Waals surface area contributed by atoms with E-state index in [-0.39, 0.29) is 23.1 Å². The van der Waals surface area contributed by atoms with E-state index in [2.05, 4.69) is 5.32 Å². The smallest absolute Gasteiger partial charge is 0.337 e. The van der Waals surface area contributed by atoms with Gasteiger partial charge in [0.1, 0.15) is 0 Å². The second-order valence-electron chi connectivity index (χ2n) is 3.66. The number of rotatable bonds is 3. The molecular formula is C11H12NO4-. The molecule has 0 saturated carbocycles. The summed E-state index contributed by atoms with van der Waals surface area (Å²) in [4.78, 5) is 22.2. The van der Waals surface area contributed by atoms with Crippen LogP contribution in [0.2, 0.25) is 0 Å². The number of benzene rings is 1. The largest absolute Gasteiger partial charge is 0.872 e. The minimum absolute atomic E-state index is 0.144. The maximum Gasteiger partial charge on any atom is 0.337 e. The van der Waals surface area contributed by atoms with Crippen molar-refractivity contribution in [3.05, 3.63) is 23.8 Å². The van der Waals surface area contributed by atoms with E-state index in [0.717, 1.165) is 6.07 Å². The summed E-state index contributed by atoms with van der Waals surface area (Å²) < 4.78 is 0. The Hall–Kier alpha value is -2.04. The van der Waals surface area contributed by atoms with E-state index >= 15 is 0 Å². The second kappa shape index (κ2) is 4.65. The first kappa shape index (κ1) is 12.0. The van der Waals surface area contributed by atoms with Crippen molar-refractivity contribution in [2.45, 2.75) is 13.8 Å². The highest BCUT2D eigenvalue weighted by Crippen LogP contribution is 2.20. The molecule has 16 heavy (non-hydrogen) atoms. The topological polar surface area (TPSA) is 89.5 Å². The molecule has 1 aromatic rings. The molecule has 0 bridgehead atoms. The van der Waals surface area contributed by atoms with Crippen LogP contribution in [0.1, 0.15) is 24.2 Å². The molecule has 5 nitrogen and oxygen atoms in total. The molecule has 0 aliphatic rings. The lowest BCUT2D eigenvalue weighted by atomic mass is 10.1. The number of carboxylic acid groups (broad SMARTS) is 1. The van der Waals surface area contributed by atoms with Crippen LogP contribution in [-0.4, -0.2) is 17.0 Å². The van der Waals surface area contributed by atoms with Crippen LogP contribution in [0.5, 0.6) is 5.75 Å². The molecule has 86 valence electrons. The normalized spacial score (nSPS) is 10.2. The van der Waals surface area contributed by atoms with Gasteiger partial charge in [-0.3, -0.25) is 4.79 Å². The zero-order chi connectivity index (χ0) is 12.3. The average Bonchev–Trinajstić information content (AvgIpc) is 2.20. The highest BCUT2D eigenvalue weighted by Gasteiger charge is 2.13. The van der Waals surface area contributed by atoms with Crippen molar-refractivity contribution in [2.75, 3.05) is 5.32 Å². The third-order valence-electron chi connectivity index (χ3n) is 2.00. The van der Waals surface area contributed by atoms with Crippen molar-refractivity contribution in [1.82, 2.24) is 0 Å². The monoisotopic (exact) mass is 222 g/mol. The molecule has 0 heterocycles. The lowest BCUT2D eigenvalue weighted by Gasteiger charge is -2.13. The van der Waals surface area contributed by atoms with Crippen molar-refractivity contribution in [3.8, 4) is 5.75 Å². The first-order chi connectivity index (χ1) is 7.41. The number of hydrogen-bond donors (Lipinski definition) is 2. The molecule has 1 rings (SSSR count). The molecular weight excluding hydrogens is 210 g/mol. The summed E-state index contributed by atoms with van der Waals surface area (Å²) >= 11 is 0. The van der Waals surface area contributed by atoms with E-state index in [1.165, 1.54) is 12.1 Å². The number of carbonyl (C=O) groups is 2. The molecule has 0 atom stereocenters. The maximum absolute atomic E-state index is 11.4. The van der Waals surface area contributed by atoms with Gasteiger partial charge in [0.05, 0.1) is 11.3 Å². The number of amides is 1. The Balaban J connectivity index is 3.04. The van der Waals surface area contributed by atoms with Gasteiger partial charge in [-0.15, -0.1) is 5.75 Å². The number of carbonyl (C=O) groups excluding carboxylic acids is 1. The summed E-state index contributed by atoms with van der Waals surface area (Å²) in [5.74, 6) is -2.19. The van der Waals surface area contributed by atoms with Gasteiger partial charge in [-0.1, -0.05) is 26.0 Å². The van der Waals surface area contributed by atoms with E-state index in [1.807, 2.05) is 0 Å². The zero-order valence-electron chi connectivity index (χ0n) is 8.98. The molecule has 0 fully saturated rings. The molecule has 2 N–H and O–H groups in total. The van der Waals surface area contributed by atoms with Crippen LogP contribution >= 0.6 is 0 Å². The van der Waals surface area contributed by atoms with Crippen molar-refractivity contribution in [2.24, 2.45) is 5.92 Å². The van der Waals surface area contributed by atoms with Gasteiger partial charge in [-0.25, -0.2) is 4.79 Å². The summed E-state index contributed by atoms with van der Waals surface area (Å²) in [6.45, 7) is 3.38. The van der Waals surface area contributed by atoms with Crippen LogP contribution in [0.4, 0.5) is 5.69 Å². The van der Waals surface area contributed by atoms with E-state index in [9.17, 15) is 14.7 Å². The van der Waals surface area contributed by atoms with Crippen LogP contribution in [-0.2, 0) is 4.79 Å². The molecule has 0 aromatic heterocycles. The number of hydrogen-bond acceptors (Lipinski definition) is 3. The Morgan fingerprint density at radius 1 is 1.38 bits per heavy atom. The Bertz CT molecular complexity index is 426. The van der Waals surface area contributed by atoms with E-state index in [4.69, 9.17) is 5.11 Å². The first-order valence-electron chi connectivity index (χ1n) is 4.77. The van der Waals surface area contributed by atoms with Crippen LogP contribution in [0.3, 0.4) is 0 Å². The van der Waals surface area contributed by atoms with Gasteiger partial charge in [0.25, 0.3) is 0 Å². The van der Waals surface area contributed by atoms with Gasteiger partial charge >= 0.3 is 5.97 Å². The highest BCUT2D eigenvalue weighted by atomic mass is 16.4. The Labute approximate surface area is 92.7 Å². The van der Waals surface area contributed by atoms with Gasteiger partial charge in [0.15, 0.2) is 0 Å². The summed E-state index contributed by atoms with van der Waals surface area (Å²) in [7, 11) is 0. The standard InChI is InChI=1S/C11H13NO4/c1-6(2)10(14)12-9-4-3-7(13)5-8(9)11(15)16/h3-6,13H,1-2H3,(H,12,14)(H,15,16)/p-1. The zero-order valence-corrected chi connectivity index (χ0v) is 8.98. The Morgan fingerprint density at radius 3 is 2.50 bits per heavy atom. The fraction of sp³-hybridized carbons (Fsp3) is 0.273. The minimum Gasteiger partial charge on any atom is -0.872 e. The molecule has 1 aromatic carbocycles. The maximum atomic E-state index is 11.4. The van der Waals surface area contributed by atoms with Gasteiger partial charge in [-0.2, -0.15) is 0 Å². The molecule has 1 amide bonds. The predicted octanol–water partition coefficient (Wildman–Crippen LogP) is 1.05. The lowest BCUT2D eigenvalue weighted by Crippen LogP contribution is -2.19. The summed E-state index contributed by atoms with van der Waals surface area (Å²) in [5, 5.41) is 22.3. The van der Waals surface area contributed by atoms with E-state index in [0.29, 0.717) is 0 Å². The quantitative estimate of drug-likeness (QED) is 0.799. The summed E-state index contributed by atoms with van der Waals surface area (Å²) in [6.07, 6.45) is 0. The molecule has 0 unspecified atom stereocenters. The highest BCUT2D eigenvalue weighted by molar-refractivity contribution is 6.01.